The predicted molar refractivity (Wildman–Crippen MR) is 70.3 cm³/mol. The van der Waals surface area contributed by atoms with Gasteiger partial charge in [-0.3, -0.25) is 4.68 Å². The van der Waals surface area contributed by atoms with Crippen molar-refractivity contribution in [3.8, 4) is 0 Å². The number of aryl methyl sites for hydroxylation is 2. The Labute approximate surface area is 107 Å². The molecule has 0 bridgehead atoms. The van der Waals surface area contributed by atoms with Gasteiger partial charge in [0.2, 0.25) is 0 Å². The summed E-state index contributed by atoms with van der Waals surface area (Å²) in [4.78, 5) is 0. The second-order valence-corrected chi connectivity index (χ2v) is 5.10. The van der Waals surface area contributed by atoms with Crippen LogP contribution in [0.15, 0.2) is 36.7 Å². The van der Waals surface area contributed by atoms with Crippen LogP contribution in [-0.2, 0) is 6.42 Å². The van der Waals surface area contributed by atoms with Crippen LogP contribution in [0.1, 0.15) is 41.7 Å². The van der Waals surface area contributed by atoms with E-state index in [0.717, 1.165) is 30.4 Å². The van der Waals surface area contributed by atoms with Crippen molar-refractivity contribution < 1.29 is 5.11 Å². The summed E-state index contributed by atoms with van der Waals surface area (Å²) in [5.74, 6) is 0. The van der Waals surface area contributed by atoms with Crippen LogP contribution in [0.25, 0.3) is 0 Å². The second kappa shape index (κ2) is 4.58. The quantitative estimate of drug-likeness (QED) is 0.781. The molecule has 3 heteroatoms. The van der Waals surface area contributed by atoms with Crippen LogP contribution in [0.5, 0.6) is 0 Å². The molecular weight excluding hydrogens is 224 g/mol. The number of aliphatic hydroxyl groups excluding tert-OH is 1. The van der Waals surface area contributed by atoms with Crippen molar-refractivity contribution in [3.63, 3.8) is 0 Å². The third-order valence-electron chi connectivity index (χ3n) is 3.75. The number of nitrogens with zero attached hydrogens (tertiary/aromatic N) is 2. The molecule has 3 rings (SSSR count). The van der Waals surface area contributed by atoms with Crippen LogP contribution in [0.2, 0.25) is 0 Å². The molecule has 1 aliphatic rings. The zero-order valence-electron chi connectivity index (χ0n) is 10.6. The highest BCUT2D eigenvalue weighted by Gasteiger charge is 2.27. The average molecular weight is 242 g/mol. The zero-order chi connectivity index (χ0) is 12.5. The van der Waals surface area contributed by atoms with E-state index in [1.807, 2.05) is 42.2 Å². The molecule has 2 unspecified atom stereocenters. The number of hydrogen-bond acceptors (Lipinski definition) is 2. The van der Waals surface area contributed by atoms with Gasteiger partial charge in [-0.1, -0.05) is 24.3 Å². The molecule has 0 fully saturated rings. The Morgan fingerprint density at radius 1 is 1.33 bits per heavy atom. The Morgan fingerprint density at radius 2 is 2.17 bits per heavy atom. The van der Waals surface area contributed by atoms with Gasteiger partial charge in [0.05, 0.1) is 12.2 Å². The smallest absolute Gasteiger partial charge is 0.102 e. The fourth-order valence-electron chi connectivity index (χ4n) is 2.81. The molecule has 0 spiro atoms. The fourth-order valence-corrected chi connectivity index (χ4v) is 2.81. The van der Waals surface area contributed by atoms with Crippen molar-refractivity contribution in [2.75, 3.05) is 0 Å². The van der Waals surface area contributed by atoms with Crippen molar-refractivity contribution in [1.29, 1.82) is 0 Å². The van der Waals surface area contributed by atoms with E-state index in [0.29, 0.717) is 0 Å². The minimum Gasteiger partial charge on any atom is -0.386 e. The predicted octanol–water partition coefficient (Wildman–Crippen LogP) is 2.80. The van der Waals surface area contributed by atoms with Gasteiger partial charge in [0, 0.05) is 6.20 Å². The van der Waals surface area contributed by atoms with E-state index in [2.05, 4.69) is 11.2 Å². The SMILES string of the molecule is Cc1cnn(C2CCCc3ccccc3C2O)c1. The molecule has 2 aromatic rings. The molecule has 0 radical (unpaired) electrons. The molecule has 18 heavy (non-hydrogen) atoms. The van der Waals surface area contributed by atoms with Crippen LogP contribution in [0, 0.1) is 6.92 Å². The van der Waals surface area contributed by atoms with Crippen molar-refractivity contribution in [1.82, 2.24) is 9.78 Å². The maximum Gasteiger partial charge on any atom is 0.102 e. The highest BCUT2D eigenvalue weighted by Crippen LogP contribution is 2.35. The van der Waals surface area contributed by atoms with Crippen LogP contribution >= 0.6 is 0 Å². The molecule has 1 aromatic carbocycles. The summed E-state index contributed by atoms with van der Waals surface area (Å²) in [5.41, 5.74) is 3.48. The van der Waals surface area contributed by atoms with E-state index in [1.54, 1.807) is 0 Å². The Bertz CT molecular complexity index is 547. The van der Waals surface area contributed by atoms with Crippen molar-refractivity contribution in [3.05, 3.63) is 53.3 Å². The first-order valence-electron chi connectivity index (χ1n) is 6.52. The molecular formula is C15H18N2O. The summed E-state index contributed by atoms with van der Waals surface area (Å²) < 4.78 is 1.92. The summed E-state index contributed by atoms with van der Waals surface area (Å²) in [5, 5.41) is 15.0. The van der Waals surface area contributed by atoms with Gasteiger partial charge in [0.15, 0.2) is 0 Å². The Hall–Kier alpha value is -1.61. The van der Waals surface area contributed by atoms with Crippen LogP contribution in [-0.4, -0.2) is 14.9 Å². The zero-order valence-corrected chi connectivity index (χ0v) is 10.6. The average Bonchev–Trinajstić information content (AvgIpc) is 2.73. The minimum atomic E-state index is -0.456. The van der Waals surface area contributed by atoms with E-state index >= 15 is 0 Å². The molecule has 0 saturated heterocycles. The standard InChI is InChI=1S/C15H18N2O/c1-11-9-16-17(10-11)14-8-4-6-12-5-2-3-7-13(12)15(14)18/h2-3,5,7,9-10,14-15,18H,4,6,8H2,1H3. The van der Waals surface area contributed by atoms with E-state index in [4.69, 9.17) is 0 Å². The summed E-state index contributed by atoms with van der Waals surface area (Å²) in [6, 6.07) is 8.26. The topological polar surface area (TPSA) is 38.0 Å². The molecule has 1 aliphatic carbocycles. The summed E-state index contributed by atoms with van der Waals surface area (Å²) in [6.45, 7) is 2.03. The monoisotopic (exact) mass is 242 g/mol. The van der Waals surface area contributed by atoms with Gasteiger partial charge in [0.1, 0.15) is 6.10 Å². The lowest BCUT2D eigenvalue weighted by molar-refractivity contribution is 0.103. The number of aliphatic hydroxyl groups is 1. The molecule has 0 amide bonds. The molecule has 0 saturated carbocycles. The lowest BCUT2D eigenvalue weighted by atomic mass is 9.99. The highest BCUT2D eigenvalue weighted by molar-refractivity contribution is 5.31. The molecule has 3 nitrogen and oxygen atoms in total. The molecule has 1 N–H and O–H groups in total. The maximum absolute atomic E-state index is 10.6. The number of aromatic nitrogens is 2. The van der Waals surface area contributed by atoms with Crippen LogP contribution in [0.4, 0.5) is 0 Å². The first kappa shape index (κ1) is 11.5. The minimum absolute atomic E-state index is 0.0577. The molecule has 2 atom stereocenters. The van der Waals surface area contributed by atoms with Crippen molar-refractivity contribution >= 4 is 0 Å². The first-order valence-corrected chi connectivity index (χ1v) is 6.52. The fraction of sp³-hybridized carbons (Fsp3) is 0.400. The largest absolute Gasteiger partial charge is 0.386 e. The van der Waals surface area contributed by atoms with Crippen molar-refractivity contribution in [2.24, 2.45) is 0 Å². The van der Waals surface area contributed by atoms with E-state index < -0.39 is 6.10 Å². The molecule has 1 heterocycles. The Kier molecular flexibility index (Phi) is 2.92. The third-order valence-corrected chi connectivity index (χ3v) is 3.75. The highest BCUT2D eigenvalue weighted by atomic mass is 16.3. The van der Waals surface area contributed by atoms with Gasteiger partial charge in [-0.2, -0.15) is 5.10 Å². The molecule has 94 valence electrons. The second-order valence-electron chi connectivity index (χ2n) is 5.10. The number of hydrogen-bond donors (Lipinski definition) is 1. The summed E-state index contributed by atoms with van der Waals surface area (Å²) in [7, 11) is 0. The van der Waals surface area contributed by atoms with Crippen LogP contribution in [0.3, 0.4) is 0 Å². The van der Waals surface area contributed by atoms with E-state index in [1.165, 1.54) is 5.56 Å². The Balaban J connectivity index is 1.99. The summed E-state index contributed by atoms with van der Waals surface area (Å²) in [6.07, 6.45) is 6.52. The lowest BCUT2D eigenvalue weighted by Crippen LogP contribution is -2.17. The van der Waals surface area contributed by atoms with Gasteiger partial charge < -0.3 is 5.11 Å². The number of fused-ring (bicyclic) bond motifs is 1. The maximum atomic E-state index is 10.6. The lowest BCUT2D eigenvalue weighted by Gasteiger charge is -2.22. The van der Waals surface area contributed by atoms with Gasteiger partial charge in [-0.05, 0) is 42.9 Å². The number of benzene rings is 1. The van der Waals surface area contributed by atoms with Gasteiger partial charge >= 0.3 is 0 Å². The van der Waals surface area contributed by atoms with Gasteiger partial charge in [0.25, 0.3) is 0 Å². The van der Waals surface area contributed by atoms with Crippen LogP contribution < -0.4 is 0 Å². The van der Waals surface area contributed by atoms with Crippen molar-refractivity contribution in [2.45, 2.75) is 38.3 Å². The third kappa shape index (κ3) is 1.95. The molecule has 0 aliphatic heterocycles. The summed E-state index contributed by atoms with van der Waals surface area (Å²) >= 11 is 0. The first-order chi connectivity index (χ1) is 8.75. The van der Waals surface area contributed by atoms with Gasteiger partial charge in [-0.25, -0.2) is 0 Å². The van der Waals surface area contributed by atoms with E-state index in [-0.39, 0.29) is 6.04 Å². The normalized spacial score (nSPS) is 23.4. The van der Waals surface area contributed by atoms with Gasteiger partial charge in [-0.15, -0.1) is 0 Å². The Morgan fingerprint density at radius 3 is 2.94 bits per heavy atom. The van der Waals surface area contributed by atoms with E-state index in [9.17, 15) is 5.11 Å². The molecule has 1 aromatic heterocycles. The number of rotatable bonds is 1.